The first-order valence-corrected chi connectivity index (χ1v) is 7.13. The highest BCUT2D eigenvalue weighted by atomic mass is 32.1. The van der Waals surface area contributed by atoms with E-state index >= 15 is 0 Å². The lowest BCUT2D eigenvalue weighted by molar-refractivity contribution is -0.139. The first kappa shape index (κ1) is 15.7. The molecule has 0 atom stereocenters. The average molecular weight is 321 g/mol. The summed E-state index contributed by atoms with van der Waals surface area (Å²) in [6.07, 6.45) is 1.48. The number of nitrogens with zero attached hydrogens (tertiary/aromatic N) is 2. The summed E-state index contributed by atoms with van der Waals surface area (Å²) in [5, 5.41) is 6.80. The smallest absolute Gasteiger partial charge is 0.329 e. The second-order valence-electron chi connectivity index (χ2n) is 4.41. The highest BCUT2D eigenvalue weighted by Gasteiger charge is 2.15. The van der Waals surface area contributed by atoms with Crippen molar-refractivity contribution in [3.05, 3.63) is 35.4 Å². The number of amides is 2. The second kappa shape index (κ2) is 6.85. The molecule has 0 aliphatic heterocycles. The zero-order valence-corrected chi connectivity index (χ0v) is 12.9. The summed E-state index contributed by atoms with van der Waals surface area (Å²) in [5.41, 5.74) is 9.84. The van der Waals surface area contributed by atoms with Crippen molar-refractivity contribution in [3.8, 4) is 0 Å². The Morgan fingerprint density at radius 2 is 2.23 bits per heavy atom. The molecule has 2 aromatic heterocycles. The number of nitrogen functional groups attached to an aromatic ring is 1. The Hall–Kier alpha value is -2.68. The molecule has 22 heavy (non-hydrogen) atoms. The van der Waals surface area contributed by atoms with Crippen LogP contribution in [0.25, 0.3) is 0 Å². The summed E-state index contributed by atoms with van der Waals surface area (Å²) < 4.78 is 9.13. The number of hydrogen-bond donors (Lipinski definition) is 3. The van der Waals surface area contributed by atoms with E-state index in [1.54, 1.807) is 26.0 Å². The predicted octanol–water partition coefficient (Wildman–Crippen LogP) is 0.783. The summed E-state index contributed by atoms with van der Waals surface area (Å²) in [5.74, 6) is -1.13. The topological polar surface area (TPSA) is 123 Å². The fourth-order valence-electron chi connectivity index (χ4n) is 1.73. The van der Waals surface area contributed by atoms with Crippen molar-refractivity contribution in [1.82, 2.24) is 15.1 Å². The number of nitrogens with two attached hydrogens (primary N) is 1. The minimum Gasteiger partial charge on any atom is -0.467 e. The molecule has 0 aliphatic carbocycles. The van der Waals surface area contributed by atoms with Crippen molar-refractivity contribution in [1.29, 1.82) is 0 Å². The van der Waals surface area contributed by atoms with E-state index in [2.05, 4.69) is 20.2 Å². The molecular formula is C13H15N5O3S. The summed E-state index contributed by atoms with van der Waals surface area (Å²) >= 11 is 1.15. The molecular weight excluding hydrogens is 306 g/mol. The Kier molecular flexibility index (Phi) is 4.89. The highest BCUT2D eigenvalue weighted by molar-refractivity contribution is 7.10. The first-order valence-electron chi connectivity index (χ1n) is 6.36. The Labute approximate surface area is 130 Å². The van der Waals surface area contributed by atoms with Gasteiger partial charge in [-0.3, -0.25) is 9.59 Å². The largest absolute Gasteiger partial charge is 0.467 e. The van der Waals surface area contributed by atoms with Crippen molar-refractivity contribution < 1.29 is 14.0 Å². The van der Waals surface area contributed by atoms with E-state index in [0.717, 1.165) is 17.2 Å². The third kappa shape index (κ3) is 3.70. The molecule has 0 saturated carbocycles. The summed E-state index contributed by atoms with van der Waals surface area (Å²) in [6, 6.07) is 3.38. The lowest BCUT2D eigenvalue weighted by Crippen LogP contribution is -2.37. The molecule has 0 bridgehead atoms. The van der Waals surface area contributed by atoms with Crippen LogP contribution in [0.2, 0.25) is 0 Å². The van der Waals surface area contributed by atoms with E-state index in [1.165, 1.54) is 6.26 Å². The number of nitrogens with one attached hydrogen (secondary N) is 2. The quantitative estimate of drug-likeness (QED) is 0.436. The molecule has 2 rings (SSSR count). The number of carbonyl (C=O) groups is 2. The van der Waals surface area contributed by atoms with Gasteiger partial charge in [-0.25, -0.2) is 5.43 Å². The van der Waals surface area contributed by atoms with Gasteiger partial charge in [-0.15, -0.1) is 0 Å². The van der Waals surface area contributed by atoms with Crippen LogP contribution in [0, 0.1) is 6.92 Å². The van der Waals surface area contributed by atoms with Gasteiger partial charge in [-0.2, -0.15) is 9.47 Å². The van der Waals surface area contributed by atoms with E-state index in [-0.39, 0.29) is 6.54 Å². The molecule has 2 aromatic rings. The maximum atomic E-state index is 11.6. The van der Waals surface area contributed by atoms with E-state index in [0.29, 0.717) is 22.0 Å². The van der Waals surface area contributed by atoms with E-state index in [1.807, 2.05) is 0 Å². The van der Waals surface area contributed by atoms with Gasteiger partial charge < -0.3 is 15.5 Å². The van der Waals surface area contributed by atoms with Crippen molar-refractivity contribution >= 4 is 34.1 Å². The summed E-state index contributed by atoms with van der Waals surface area (Å²) in [6.45, 7) is 3.59. The molecule has 0 saturated heterocycles. The van der Waals surface area contributed by atoms with Crippen LogP contribution < -0.4 is 16.5 Å². The van der Waals surface area contributed by atoms with Gasteiger partial charge in [-0.1, -0.05) is 0 Å². The van der Waals surface area contributed by atoms with Crippen molar-refractivity contribution in [3.63, 3.8) is 0 Å². The molecule has 0 radical (unpaired) electrons. The number of carbonyl (C=O) groups excluding carboxylic acids is 2. The fourth-order valence-corrected chi connectivity index (χ4v) is 2.44. The molecule has 0 fully saturated rings. The molecule has 0 aliphatic rings. The number of anilines is 1. The van der Waals surface area contributed by atoms with Gasteiger partial charge in [0.25, 0.3) is 0 Å². The maximum absolute atomic E-state index is 11.6. The van der Waals surface area contributed by atoms with Crippen LogP contribution in [0.15, 0.2) is 27.9 Å². The van der Waals surface area contributed by atoms with Crippen molar-refractivity contribution in [2.24, 2.45) is 5.10 Å². The lowest BCUT2D eigenvalue weighted by Gasteiger charge is -2.03. The molecule has 8 nitrogen and oxygen atoms in total. The second-order valence-corrected chi connectivity index (χ2v) is 5.21. The summed E-state index contributed by atoms with van der Waals surface area (Å²) in [7, 11) is 0. The molecule has 9 heteroatoms. The van der Waals surface area contributed by atoms with Gasteiger partial charge in [0.05, 0.1) is 29.8 Å². The number of furan rings is 1. The molecule has 116 valence electrons. The van der Waals surface area contributed by atoms with Crippen LogP contribution in [0.5, 0.6) is 0 Å². The van der Waals surface area contributed by atoms with E-state index < -0.39 is 11.8 Å². The average Bonchev–Trinajstić information content (AvgIpc) is 3.12. The number of hydrazone groups is 1. The number of aromatic nitrogens is 1. The van der Waals surface area contributed by atoms with Crippen molar-refractivity contribution in [2.75, 3.05) is 5.73 Å². The van der Waals surface area contributed by atoms with E-state index in [9.17, 15) is 9.59 Å². The predicted molar refractivity (Wildman–Crippen MR) is 82.2 cm³/mol. The third-order valence-electron chi connectivity index (χ3n) is 2.79. The zero-order valence-electron chi connectivity index (χ0n) is 12.0. The molecule has 2 heterocycles. The Morgan fingerprint density at radius 1 is 1.45 bits per heavy atom. The molecule has 0 unspecified atom stereocenters. The minimum atomic E-state index is -0.870. The highest BCUT2D eigenvalue weighted by Crippen LogP contribution is 2.21. The number of aryl methyl sites for hydroxylation is 1. The van der Waals surface area contributed by atoms with Crippen LogP contribution in [0.4, 0.5) is 5.00 Å². The molecule has 4 N–H and O–H groups in total. The maximum Gasteiger partial charge on any atom is 0.329 e. The van der Waals surface area contributed by atoms with Crippen molar-refractivity contribution in [2.45, 2.75) is 20.4 Å². The number of hydrogen-bond acceptors (Lipinski definition) is 7. The van der Waals surface area contributed by atoms with Crippen LogP contribution in [0.1, 0.15) is 23.9 Å². The Balaban J connectivity index is 1.91. The molecule has 0 aromatic carbocycles. The van der Waals surface area contributed by atoms with Gasteiger partial charge in [0, 0.05) is 0 Å². The molecule has 0 spiro atoms. The molecule has 2 amide bonds. The van der Waals surface area contributed by atoms with Crippen LogP contribution in [-0.4, -0.2) is 21.9 Å². The Bertz CT molecular complexity index is 686. The minimum absolute atomic E-state index is 0.127. The summed E-state index contributed by atoms with van der Waals surface area (Å²) in [4.78, 5) is 23.2. The number of rotatable bonds is 4. The fraction of sp³-hybridized carbons (Fsp3) is 0.231. The van der Waals surface area contributed by atoms with Crippen LogP contribution in [0.3, 0.4) is 0 Å². The Morgan fingerprint density at radius 3 is 2.82 bits per heavy atom. The van der Waals surface area contributed by atoms with Gasteiger partial charge in [0.2, 0.25) is 0 Å². The van der Waals surface area contributed by atoms with Gasteiger partial charge in [0.15, 0.2) is 0 Å². The van der Waals surface area contributed by atoms with E-state index in [4.69, 9.17) is 10.2 Å². The van der Waals surface area contributed by atoms with Crippen LogP contribution in [-0.2, 0) is 16.1 Å². The van der Waals surface area contributed by atoms with Gasteiger partial charge in [-0.05, 0) is 37.5 Å². The lowest BCUT2D eigenvalue weighted by atomic mass is 10.2. The SMILES string of the molecule is C/C(=N/NC(=O)C(=O)NCc1ccco1)c1c(C)nsc1N. The van der Waals surface area contributed by atoms with Crippen LogP contribution >= 0.6 is 11.5 Å². The first-order chi connectivity index (χ1) is 10.5. The van der Waals surface area contributed by atoms with Gasteiger partial charge >= 0.3 is 11.8 Å². The third-order valence-corrected chi connectivity index (χ3v) is 3.55. The monoisotopic (exact) mass is 321 g/mol. The van der Waals surface area contributed by atoms with Gasteiger partial charge in [0.1, 0.15) is 10.8 Å². The standard InChI is InChI=1S/C13H15N5O3S/c1-7(10-8(2)18-22-11(10)14)16-17-13(20)12(19)15-6-9-4-3-5-21-9/h3-5H,6,14H2,1-2H3,(H,15,19)(H,17,20)/b16-7-. The normalized spacial score (nSPS) is 11.3. The zero-order chi connectivity index (χ0) is 16.1.